The van der Waals surface area contributed by atoms with Gasteiger partial charge in [-0.3, -0.25) is 0 Å². The Bertz CT molecular complexity index is 938. The molecule has 0 bridgehead atoms. The third kappa shape index (κ3) is 1.46. The molecule has 0 aromatic carbocycles. The molecule has 0 atom stereocenters. The molecule has 0 spiro atoms. The van der Waals surface area contributed by atoms with Crippen molar-refractivity contribution < 1.29 is 4.39 Å². The van der Waals surface area contributed by atoms with Gasteiger partial charge < -0.3 is 10.7 Å². The van der Waals surface area contributed by atoms with Crippen molar-refractivity contribution in [1.82, 2.24) is 24.6 Å². The van der Waals surface area contributed by atoms with Gasteiger partial charge in [0, 0.05) is 23.3 Å². The quantitative estimate of drug-likeness (QED) is 0.553. The molecule has 4 heterocycles. The van der Waals surface area contributed by atoms with Crippen molar-refractivity contribution in [3.05, 3.63) is 42.6 Å². The average Bonchev–Trinajstić information content (AvgIpc) is 3.03. The lowest BCUT2D eigenvalue weighted by Crippen LogP contribution is -2.02. The first-order valence-electron chi connectivity index (χ1n) is 5.96. The lowest BCUT2D eigenvalue weighted by Gasteiger charge is -2.03. The van der Waals surface area contributed by atoms with E-state index in [4.69, 9.17) is 5.73 Å². The number of rotatable bonds is 1. The average molecular weight is 268 g/mol. The number of pyridine rings is 1. The Hall–Kier alpha value is -2.96. The Morgan fingerprint density at radius 1 is 1.35 bits per heavy atom. The second-order valence-corrected chi connectivity index (χ2v) is 4.41. The number of hydrogen-bond donors (Lipinski definition) is 2. The summed E-state index contributed by atoms with van der Waals surface area (Å²) in [5.41, 5.74) is 8.50. The van der Waals surface area contributed by atoms with Gasteiger partial charge in [-0.1, -0.05) is 0 Å². The summed E-state index contributed by atoms with van der Waals surface area (Å²) in [5, 5.41) is 4.75. The zero-order chi connectivity index (χ0) is 13.7. The fraction of sp³-hybridized carbons (Fsp3) is 0. The highest BCUT2D eigenvalue weighted by Gasteiger charge is 2.14. The van der Waals surface area contributed by atoms with Crippen molar-refractivity contribution in [2.24, 2.45) is 0 Å². The van der Waals surface area contributed by atoms with Crippen molar-refractivity contribution in [2.75, 3.05) is 5.73 Å². The van der Waals surface area contributed by atoms with Gasteiger partial charge in [0.1, 0.15) is 17.2 Å². The Morgan fingerprint density at radius 2 is 2.25 bits per heavy atom. The molecule has 4 rings (SSSR count). The van der Waals surface area contributed by atoms with Crippen LogP contribution in [0.4, 0.5) is 10.3 Å². The van der Waals surface area contributed by atoms with E-state index in [0.717, 1.165) is 11.1 Å². The number of nitrogens with one attached hydrogen (secondary N) is 1. The standard InChI is InChI=1S/C13H9FN6/c14-7-4-8-9(6-17-12(8)16-5-7)11-10-2-1-3-20(10)19-13(15)18-11/h1-6H,(H2,15,19)(H,16,17). The van der Waals surface area contributed by atoms with E-state index in [0.29, 0.717) is 16.7 Å². The van der Waals surface area contributed by atoms with E-state index in [9.17, 15) is 4.39 Å². The van der Waals surface area contributed by atoms with Crippen LogP contribution in [0, 0.1) is 5.82 Å². The third-order valence-electron chi connectivity index (χ3n) is 3.16. The molecule has 0 aliphatic heterocycles. The fourth-order valence-corrected chi connectivity index (χ4v) is 2.32. The molecule has 3 N–H and O–H groups in total. The van der Waals surface area contributed by atoms with E-state index in [-0.39, 0.29) is 5.95 Å². The molecule has 4 aromatic heterocycles. The highest BCUT2D eigenvalue weighted by molar-refractivity contribution is 5.96. The first-order valence-corrected chi connectivity index (χ1v) is 5.96. The van der Waals surface area contributed by atoms with Crippen molar-refractivity contribution >= 4 is 22.5 Å². The van der Waals surface area contributed by atoms with Gasteiger partial charge in [-0.05, 0) is 18.2 Å². The third-order valence-corrected chi connectivity index (χ3v) is 3.16. The molecule has 0 saturated heterocycles. The molecular formula is C13H9FN6. The van der Waals surface area contributed by atoms with Crippen LogP contribution in [-0.4, -0.2) is 24.6 Å². The minimum Gasteiger partial charge on any atom is -0.367 e. The summed E-state index contributed by atoms with van der Waals surface area (Å²) < 4.78 is 15.0. The Kier molecular flexibility index (Phi) is 2.06. The van der Waals surface area contributed by atoms with Crippen LogP contribution in [0.5, 0.6) is 0 Å². The topological polar surface area (TPSA) is 84.9 Å². The normalized spacial score (nSPS) is 11.4. The maximum absolute atomic E-state index is 13.4. The predicted octanol–water partition coefficient (Wildman–Crippen LogP) is 1.99. The maximum atomic E-state index is 13.4. The van der Waals surface area contributed by atoms with Crippen LogP contribution in [0.2, 0.25) is 0 Å². The number of aromatic nitrogens is 5. The van der Waals surface area contributed by atoms with Crippen LogP contribution < -0.4 is 5.73 Å². The van der Waals surface area contributed by atoms with Crippen LogP contribution in [0.1, 0.15) is 0 Å². The van der Waals surface area contributed by atoms with Crippen molar-refractivity contribution in [3.8, 4) is 11.3 Å². The lowest BCUT2D eigenvalue weighted by atomic mass is 10.1. The minimum atomic E-state index is -0.396. The number of nitrogens with zero attached hydrogens (tertiary/aromatic N) is 4. The molecule has 0 aliphatic rings. The van der Waals surface area contributed by atoms with Crippen molar-refractivity contribution in [3.63, 3.8) is 0 Å². The van der Waals surface area contributed by atoms with Crippen LogP contribution in [-0.2, 0) is 0 Å². The van der Waals surface area contributed by atoms with E-state index < -0.39 is 5.82 Å². The Balaban J connectivity index is 2.10. The van der Waals surface area contributed by atoms with Gasteiger partial charge in [-0.15, -0.1) is 5.10 Å². The largest absolute Gasteiger partial charge is 0.367 e. The molecule has 0 radical (unpaired) electrons. The van der Waals surface area contributed by atoms with Gasteiger partial charge in [-0.25, -0.2) is 18.9 Å². The first-order chi connectivity index (χ1) is 9.72. The van der Waals surface area contributed by atoms with Gasteiger partial charge in [-0.2, -0.15) is 0 Å². The van der Waals surface area contributed by atoms with Gasteiger partial charge in [0.05, 0.1) is 11.7 Å². The monoisotopic (exact) mass is 268 g/mol. The number of fused-ring (bicyclic) bond motifs is 2. The number of anilines is 1. The van der Waals surface area contributed by atoms with Crippen LogP contribution in [0.15, 0.2) is 36.8 Å². The molecule has 0 fully saturated rings. The number of hydrogen-bond acceptors (Lipinski definition) is 4. The summed E-state index contributed by atoms with van der Waals surface area (Å²) >= 11 is 0. The van der Waals surface area contributed by atoms with E-state index in [2.05, 4.69) is 20.1 Å². The van der Waals surface area contributed by atoms with Crippen LogP contribution >= 0.6 is 0 Å². The van der Waals surface area contributed by atoms with E-state index in [1.807, 2.05) is 12.1 Å². The molecule has 6 nitrogen and oxygen atoms in total. The number of nitrogen functional groups attached to an aromatic ring is 1. The zero-order valence-electron chi connectivity index (χ0n) is 10.2. The second kappa shape index (κ2) is 3.77. The fourth-order valence-electron chi connectivity index (χ4n) is 2.32. The summed E-state index contributed by atoms with van der Waals surface area (Å²) in [6.45, 7) is 0. The number of nitrogens with two attached hydrogens (primary N) is 1. The molecule has 0 aliphatic carbocycles. The summed E-state index contributed by atoms with van der Waals surface area (Å²) in [7, 11) is 0. The van der Waals surface area contributed by atoms with Gasteiger partial charge in [0.25, 0.3) is 0 Å². The Morgan fingerprint density at radius 3 is 3.15 bits per heavy atom. The molecule has 4 aromatic rings. The number of aromatic amines is 1. The summed E-state index contributed by atoms with van der Waals surface area (Å²) in [6, 6.07) is 5.15. The summed E-state index contributed by atoms with van der Waals surface area (Å²) in [5.74, 6) is -0.241. The molecule has 0 unspecified atom stereocenters. The van der Waals surface area contributed by atoms with E-state index in [1.54, 1.807) is 16.9 Å². The molecule has 98 valence electrons. The second-order valence-electron chi connectivity index (χ2n) is 4.41. The smallest absolute Gasteiger partial charge is 0.238 e. The summed E-state index contributed by atoms with van der Waals surface area (Å²) in [4.78, 5) is 11.3. The van der Waals surface area contributed by atoms with Gasteiger partial charge in [0.15, 0.2) is 0 Å². The zero-order valence-corrected chi connectivity index (χ0v) is 10.2. The number of halogens is 1. The SMILES string of the molecule is Nc1nc(-c2c[nH]c3ncc(F)cc23)c2cccn2n1. The molecule has 0 saturated carbocycles. The highest BCUT2D eigenvalue weighted by atomic mass is 19.1. The van der Waals surface area contributed by atoms with Crippen molar-refractivity contribution in [2.45, 2.75) is 0 Å². The van der Waals surface area contributed by atoms with Crippen LogP contribution in [0.3, 0.4) is 0 Å². The number of H-pyrrole nitrogens is 1. The molecule has 7 heteroatoms. The lowest BCUT2D eigenvalue weighted by molar-refractivity contribution is 0.624. The van der Waals surface area contributed by atoms with E-state index >= 15 is 0 Å². The van der Waals surface area contributed by atoms with Gasteiger partial charge >= 0.3 is 0 Å². The molecule has 20 heavy (non-hydrogen) atoms. The van der Waals surface area contributed by atoms with E-state index in [1.165, 1.54) is 12.3 Å². The minimum absolute atomic E-state index is 0.155. The van der Waals surface area contributed by atoms with Crippen LogP contribution in [0.25, 0.3) is 27.8 Å². The molecular weight excluding hydrogens is 259 g/mol. The molecule has 0 amide bonds. The highest BCUT2D eigenvalue weighted by Crippen LogP contribution is 2.30. The summed E-state index contributed by atoms with van der Waals surface area (Å²) in [6.07, 6.45) is 4.69. The van der Waals surface area contributed by atoms with Gasteiger partial charge in [0.2, 0.25) is 5.95 Å². The first kappa shape index (κ1) is 10.9. The maximum Gasteiger partial charge on any atom is 0.238 e. The predicted molar refractivity (Wildman–Crippen MR) is 72.4 cm³/mol. The van der Waals surface area contributed by atoms with Crippen molar-refractivity contribution in [1.29, 1.82) is 0 Å². The Labute approximate surface area is 112 Å².